The third-order valence-corrected chi connectivity index (χ3v) is 12.7. The Morgan fingerprint density at radius 3 is 2.30 bits per heavy atom. The molecule has 7 heterocycles. The van der Waals surface area contributed by atoms with Gasteiger partial charge in [-0.3, -0.25) is 24.7 Å². The lowest BCUT2D eigenvalue weighted by Gasteiger charge is -2.40. The number of rotatable bonds is 9. The van der Waals surface area contributed by atoms with Crippen LogP contribution < -0.4 is 20.0 Å². The van der Waals surface area contributed by atoms with Gasteiger partial charge in [0.05, 0.1) is 27.5 Å². The van der Waals surface area contributed by atoms with Crippen LogP contribution in [0.4, 0.5) is 21.5 Å². The number of fused-ring (bicyclic) bond motifs is 1. The van der Waals surface area contributed by atoms with Crippen LogP contribution in [0, 0.1) is 18.7 Å². The van der Waals surface area contributed by atoms with Crippen LogP contribution >= 0.6 is 15.9 Å². The van der Waals surface area contributed by atoms with E-state index in [1.54, 1.807) is 6.07 Å². The van der Waals surface area contributed by atoms with Crippen molar-refractivity contribution in [3.05, 3.63) is 82.0 Å². The fourth-order valence-corrected chi connectivity index (χ4v) is 9.52. The number of carbonyl (C=O) groups excluding carboxylic acids is 2. The highest BCUT2D eigenvalue weighted by Crippen LogP contribution is 2.35. The molecule has 4 aliphatic rings. The molecule has 0 unspecified atom stereocenters. The Kier molecular flexibility index (Phi) is 10.7. The quantitative estimate of drug-likeness (QED) is 0.177. The van der Waals surface area contributed by atoms with Gasteiger partial charge in [0, 0.05) is 108 Å². The second kappa shape index (κ2) is 16.2. The zero-order chi connectivity index (χ0) is 39.0. The zero-order valence-corrected chi connectivity index (χ0v) is 33.8. The summed E-state index contributed by atoms with van der Waals surface area (Å²) in [5.74, 6) is 0.857. The molecule has 9 rings (SSSR count). The van der Waals surface area contributed by atoms with Crippen LogP contribution in [0.25, 0.3) is 22.6 Å². The number of hydrogen-bond acceptors (Lipinski definition) is 11. The minimum Gasteiger partial charge on any atom is -0.369 e. The molecule has 0 bridgehead atoms. The Bertz CT molecular complexity index is 2240. The molecule has 13 nitrogen and oxygen atoms in total. The van der Waals surface area contributed by atoms with E-state index in [1.807, 2.05) is 25.3 Å². The Hall–Kier alpha value is -4.86. The predicted molar refractivity (Wildman–Crippen MR) is 221 cm³/mol. The molecule has 2 amide bonds. The molecule has 1 atom stereocenters. The molecule has 4 aliphatic heterocycles. The second-order valence-electron chi connectivity index (χ2n) is 15.9. The number of halogens is 2. The summed E-state index contributed by atoms with van der Waals surface area (Å²) in [4.78, 5) is 49.0. The van der Waals surface area contributed by atoms with Gasteiger partial charge in [0.1, 0.15) is 22.9 Å². The molecular weight excluding hydrogens is 791 g/mol. The highest BCUT2D eigenvalue weighted by Gasteiger charge is 2.30. The van der Waals surface area contributed by atoms with Gasteiger partial charge in [0.2, 0.25) is 11.8 Å². The number of anilines is 3. The van der Waals surface area contributed by atoms with Gasteiger partial charge in [-0.05, 0) is 90.0 Å². The fourth-order valence-electron chi connectivity index (χ4n) is 8.97. The number of hydrogen-bond donors (Lipinski definition) is 2. The zero-order valence-electron chi connectivity index (χ0n) is 32.2. The average molecular weight is 840 g/mol. The molecule has 15 heteroatoms. The van der Waals surface area contributed by atoms with Crippen LogP contribution in [-0.4, -0.2) is 114 Å². The number of pyridine rings is 1. The first-order valence-electron chi connectivity index (χ1n) is 20.1. The van der Waals surface area contributed by atoms with Gasteiger partial charge in [-0.1, -0.05) is 11.2 Å². The third kappa shape index (κ3) is 8.14. The largest absolute Gasteiger partial charge is 0.369 e. The molecule has 2 aromatic carbocycles. The van der Waals surface area contributed by atoms with E-state index < -0.39 is 5.92 Å². The van der Waals surface area contributed by atoms with Crippen LogP contribution in [0.1, 0.15) is 48.6 Å². The predicted octanol–water partition coefficient (Wildman–Crippen LogP) is 5.70. The molecule has 0 spiro atoms. The fraction of sp³-hybridized carbons (Fsp3) is 0.452. The van der Waals surface area contributed by atoms with Gasteiger partial charge in [0.25, 0.3) is 0 Å². The molecule has 298 valence electrons. The molecule has 0 radical (unpaired) electrons. The van der Waals surface area contributed by atoms with Crippen molar-refractivity contribution in [3.8, 4) is 11.4 Å². The van der Waals surface area contributed by atoms with E-state index in [2.05, 4.69) is 85.1 Å². The van der Waals surface area contributed by atoms with Crippen molar-refractivity contribution >= 4 is 56.0 Å². The number of H-pyrrole nitrogens is 1. The summed E-state index contributed by atoms with van der Waals surface area (Å²) < 4.78 is 21.5. The lowest BCUT2D eigenvalue weighted by Crippen LogP contribution is -2.49. The third-order valence-electron chi connectivity index (χ3n) is 12.2. The molecule has 4 fully saturated rings. The number of benzene rings is 2. The number of imide groups is 1. The monoisotopic (exact) mass is 838 g/mol. The number of piperazine rings is 2. The first-order chi connectivity index (χ1) is 27.7. The van der Waals surface area contributed by atoms with Crippen molar-refractivity contribution in [2.45, 2.75) is 45.1 Å². The number of aromatic nitrogens is 4. The lowest BCUT2D eigenvalue weighted by molar-refractivity contribution is -0.134. The number of nitrogens with zero attached hydrogens (tertiary/aromatic N) is 8. The second-order valence-corrected chi connectivity index (χ2v) is 16.8. The van der Waals surface area contributed by atoms with Crippen LogP contribution in [0.15, 0.2) is 63.7 Å². The highest BCUT2D eigenvalue weighted by molar-refractivity contribution is 9.10. The van der Waals surface area contributed by atoms with E-state index in [0.717, 1.165) is 130 Å². The number of amides is 2. The van der Waals surface area contributed by atoms with Gasteiger partial charge >= 0.3 is 0 Å². The van der Waals surface area contributed by atoms with Gasteiger partial charge in [-0.25, -0.2) is 14.4 Å². The van der Waals surface area contributed by atoms with Crippen molar-refractivity contribution in [2.75, 3.05) is 86.7 Å². The maximum Gasteiger partial charge on any atom is 0.234 e. The average Bonchev–Trinajstić information content (AvgIpc) is 3.85. The first kappa shape index (κ1) is 37.7. The van der Waals surface area contributed by atoms with E-state index in [4.69, 9.17) is 9.51 Å². The topological polar surface area (TPSA) is 130 Å². The first-order valence-corrected chi connectivity index (χ1v) is 20.9. The van der Waals surface area contributed by atoms with E-state index in [1.165, 1.54) is 11.8 Å². The minimum atomic E-state index is -0.477. The van der Waals surface area contributed by atoms with Crippen molar-refractivity contribution in [2.24, 2.45) is 5.92 Å². The number of imidazole rings is 1. The maximum absolute atomic E-state index is 15.3. The van der Waals surface area contributed by atoms with Crippen LogP contribution in [0.5, 0.6) is 0 Å². The van der Waals surface area contributed by atoms with Crippen molar-refractivity contribution in [3.63, 3.8) is 0 Å². The highest BCUT2D eigenvalue weighted by atomic mass is 79.9. The standard InChI is InChI=1S/C42H48BrFN10O3/c1-27-22-31(49-57-27)26-51-16-20-54(21-17-51)39-34(43)24-45-41-38(39)47-40(48-41)29-2-5-32(6-3-29)52-18-14-50(15-19-52)25-28-10-12-53(13-11-28)36-8-4-30(23-35(36)44)33-7-9-37(55)46-42(33)56/h2-6,8,22-24,28,33H,7,9-21,25-26H2,1H3,(H,45,47,48)(H,46,55,56)/t33-/m1/s1. The maximum atomic E-state index is 15.3. The summed E-state index contributed by atoms with van der Waals surface area (Å²) in [6, 6.07) is 15.8. The molecule has 2 N–H and O–H groups in total. The SMILES string of the molecule is Cc1cc(CN2CCN(c3c(Br)cnc4nc(-c5ccc(N6CCN(CC7CCN(c8ccc([C@H]9CCC(=O)NC9=O)cc8F)CC7)CC6)cc5)[nH]c34)CC2)no1. The summed E-state index contributed by atoms with van der Waals surface area (Å²) in [7, 11) is 0. The summed E-state index contributed by atoms with van der Waals surface area (Å²) in [6.45, 7) is 13.0. The summed E-state index contributed by atoms with van der Waals surface area (Å²) in [5, 5.41) is 6.54. The number of aromatic amines is 1. The molecule has 5 aromatic rings. The smallest absolute Gasteiger partial charge is 0.234 e. The Morgan fingerprint density at radius 2 is 1.60 bits per heavy atom. The van der Waals surface area contributed by atoms with E-state index >= 15 is 4.39 Å². The number of piperidine rings is 2. The molecule has 0 saturated carbocycles. The Morgan fingerprint density at radius 1 is 0.860 bits per heavy atom. The summed E-state index contributed by atoms with van der Waals surface area (Å²) >= 11 is 3.78. The van der Waals surface area contributed by atoms with Gasteiger partial charge in [-0.2, -0.15) is 0 Å². The van der Waals surface area contributed by atoms with E-state index in [0.29, 0.717) is 29.2 Å². The Balaban J connectivity index is 0.758. The van der Waals surface area contributed by atoms with Crippen molar-refractivity contribution < 1.29 is 18.5 Å². The number of carbonyl (C=O) groups is 2. The lowest BCUT2D eigenvalue weighted by atomic mass is 9.90. The Labute approximate surface area is 339 Å². The molecule has 57 heavy (non-hydrogen) atoms. The van der Waals surface area contributed by atoms with Crippen LogP contribution in [0.3, 0.4) is 0 Å². The van der Waals surface area contributed by atoms with Gasteiger partial charge in [-0.15, -0.1) is 0 Å². The minimum absolute atomic E-state index is 0.262. The molecule has 0 aliphatic carbocycles. The van der Waals surface area contributed by atoms with Crippen LogP contribution in [-0.2, 0) is 16.1 Å². The summed E-state index contributed by atoms with van der Waals surface area (Å²) in [6.07, 6.45) is 4.60. The van der Waals surface area contributed by atoms with E-state index in [-0.39, 0.29) is 24.1 Å². The molecule has 3 aromatic heterocycles. The normalized spacial score (nSPS) is 20.5. The summed E-state index contributed by atoms with van der Waals surface area (Å²) in [5.41, 5.74) is 7.20. The molecule has 4 saturated heterocycles. The van der Waals surface area contributed by atoms with Crippen molar-refractivity contribution in [1.29, 1.82) is 0 Å². The van der Waals surface area contributed by atoms with Gasteiger partial charge < -0.3 is 24.2 Å². The van der Waals surface area contributed by atoms with Gasteiger partial charge in [0.15, 0.2) is 5.65 Å². The number of nitrogens with one attached hydrogen (secondary N) is 2. The molecular formula is C42H48BrFN10O3. The van der Waals surface area contributed by atoms with Crippen molar-refractivity contribution in [1.82, 2.24) is 35.2 Å². The number of aryl methyl sites for hydroxylation is 1. The van der Waals surface area contributed by atoms with Crippen LogP contribution in [0.2, 0.25) is 0 Å². The van der Waals surface area contributed by atoms with E-state index in [9.17, 15) is 9.59 Å².